The third-order valence-corrected chi connectivity index (χ3v) is 6.99. The van der Waals surface area contributed by atoms with Crippen molar-refractivity contribution in [1.82, 2.24) is 18.8 Å². The number of aryl methyl sites for hydroxylation is 1. The SMILES string of the molecule is CO[C@H]1C(=O)N(C(C)C)[C@H]1C1CCN(S(=O)(=O)c2cn(C)cn2)CC1. The first-order valence-corrected chi connectivity index (χ1v) is 10.0. The van der Waals surface area contributed by atoms with Crippen molar-refractivity contribution in [2.45, 2.75) is 49.9 Å². The van der Waals surface area contributed by atoms with Crippen LogP contribution in [0.15, 0.2) is 17.6 Å². The number of amides is 1. The first kappa shape index (κ1) is 18.3. The number of β-lactam (4-membered cyclic amide) rings is 1. The first-order chi connectivity index (χ1) is 11.8. The predicted octanol–water partition coefficient (Wildman–Crippen LogP) is 0.455. The van der Waals surface area contributed by atoms with E-state index in [0.29, 0.717) is 25.9 Å². The summed E-state index contributed by atoms with van der Waals surface area (Å²) in [5.41, 5.74) is 0. The maximum absolute atomic E-state index is 12.7. The van der Waals surface area contributed by atoms with Gasteiger partial charge in [0.15, 0.2) is 11.1 Å². The highest BCUT2D eigenvalue weighted by molar-refractivity contribution is 7.89. The van der Waals surface area contributed by atoms with E-state index in [2.05, 4.69) is 4.98 Å². The molecule has 2 aliphatic rings. The number of methoxy groups -OCH3 is 1. The summed E-state index contributed by atoms with van der Waals surface area (Å²) in [4.78, 5) is 18.0. The van der Waals surface area contributed by atoms with Crippen LogP contribution in [0.5, 0.6) is 0 Å². The average Bonchev–Trinajstić information content (AvgIpc) is 3.00. The monoisotopic (exact) mass is 370 g/mol. The van der Waals surface area contributed by atoms with Crippen molar-refractivity contribution in [2.75, 3.05) is 20.2 Å². The van der Waals surface area contributed by atoms with E-state index in [1.807, 2.05) is 18.7 Å². The molecule has 0 unspecified atom stereocenters. The fraction of sp³-hybridized carbons (Fsp3) is 0.750. The number of rotatable bonds is 5. The molecule has 0 saturated carbocycles. The molecule has 2 fully saturated rings. The quantitative estimate of drug-likeness (QED) is 0.703. The van der Waals surface area contributed by atoms with Crippen molar-refractivity contribution in [1.29, 1.82) is 0 Å². The third-order valence-electron chi connectivity index (χ3n) is 5.21. The second-order valence-electron chi connectivity index (χ2n) is 7.11. The van der Waals surface area contributed by atoms with E-state index in [0.717, 1.165) is 0 Å². The predicted molar refractivity (Wildman–Crippen MR) is 91.3 cm³/mol. The van der Waals surface area contributed by atoms with Gasteiger partial charge < -0.3 is 14.2 Å². The van der Waals surface area contributed by atoms with E-state index in [1.54, 1.807) is 18.7 Å². The molecule has 2 saturated heterocycles. The number of piperidine rings is 1. The lowest BCUT2D eigenvalue weighted by molar-refractivity contribution is -0.181. The Kier molecular flexibility index (Phi) is 4.91. The molecule has 3 heterocycles. The summed E-state index contributed by atoms with van der Waals surface area (Å²) in [6.45, 7) is 4.88. The molecular formula is C16H26N4O4S. The number of carbonyl (C=O) groups excluding carboxylic acids is 1. The molecule has 2 atom stereocenters. The smallest absolute Gasteiger partial charge is 0.262 e. The molecular weight excluding hydrogens is 344 g/mol. The van der Waals surface area contributed by atoms with E-state index < -0.39 is 16.1 Å². The summed E-state index contributed by atoms with van der Waals surface area (Å²) in [6.07, 6.45) is 4.04. The van der Waals surface area contributed by atoms with E-state index in [4.69, 9.17) is 4.74 Å². The number of carbonyl (C=O) groups is 1. The van der Waals surface area contributed by atoms with Crippen LogP contribution in [0, 0.1) is 5.92 Å². The van der Waals surface area contributed by atoms with Crippen LogP contribution in [-0.2, 0) is 26.6 Å². The lowest BCUT2D eigenvalue weighted by atomic mass is 9.79. The lowest BCUT2D eigenvalue weighted by Gasteiger charge is -2.53. The first-order valence-electron chi connectivity index (χ1n) is 8.60. The number of sulfonamides is 1. The van der Waals surface area contributed by atoms with Gasteiger partial charge in [-0.15, -0.1) is 0 Å². The molecule has 0 aliphatic carbocycles. The molecule has 9 heteroatoms. The third kappa shape index (κ3) is 3.09. The van der Waals surface area contributed by atoms with E-state index in [9.17, 15) is 13.2 Å². The summed E-state index contributed by atoms with van der Waals surface area (Å²) >= 11 is 0. The maximum Gasteiger partial charge on any atom is 0.262 e. The molecule has 0 bridgehead atoms. The minimum Gasteiger partial charge on any atom is -0.369 e. The zero-order chi connectivity index (χ0) is 18.4. The molecule has 25 heavy (non-hydrogen) atoms. The number of aromatic nitrogens is 2. The van der Waals surface area contributed by atoms with Crippen molar-refractivity contribution in [2.24, 2.45) is 13.0 Å². The minimum absolute atomic E-state index is 0.0334. The van der Waals surface area contributed by atoms with Gasteiger partial charge in [-0.25, -0.2) is 13.4 Å². The summed E-state index contributed by atoms with van der Waals surface area (Å²) in [5.74, 6) is 0.284. The molecule has 3 rings (SSSR count). The van der Waals surface area contributed by atoms with Crippen LogP contribution in [0.1, 0.15) is 26.7 Å². The molecule has 0 N–H and O–H groups in total. The Labute approximate surface area is 148 Å². The fourth-order valence-corrected chi connectivity index (χ4v) is 5.36. The van der Waals surface area contributed by atoms with Gasteiger partial charge in [0, 0.05) is 39.5 Å². The van der Waals surface area contributed by atoms with Gasteiger partial charge in [-0.3, -0.25) is 4.79 Å². The molecule has 1 aromatic rings. The number of hydrogen-bond acceptors (Lipinski definition) is 5. The Morgan fingerprint density at radius 1 is 1.28 bits per heavy atom. The minimum atomic E-state index is -3.55. The number of hydrogen-bond donors (Lipinski definition) is 0. The molecule has 2 aliphatic heterocycles. The molecule has 1 aromatic heterocycles. The molecule has 140 valence electrons. The Hall–Kier alpha value is -1.45. The molecule has 1 amide bonds. The number of likely N-dealkylation sites (tertiary alicyclic amines) is 1. The summed E-state index contributed by atoms with van der Waals surface area (Å²) in [7, 11) is -0.238. The van der Waals surface area contributed by atoms with E-state index in [1.165, 1.54) is 16.8 Å². The fourth-order valence-electron chi connectivity index (χ4n) is 3.93. The van der Waals surface area contributed by atoms with Gasteiger partial charge in [0.2, 0.25) is 0 Å². The summed E-state index contributed by atoms with van der Waals surface area (Å²) in [5, 5.41) is 0.0887. The number of nitrogens with zero attached hydrogens (tertiary/aromatic N) is 4. The van der Waals surface area contributed by atoms with Crippen LogP contribution < -0.4 is 0 Å². The van der Waals surface area contributed by atoms with Crippen LogP contribution >= 0.6 is 0 Å². The normalized spacial score (nSPS) is 26.3. The number of imidazole rings is 1. The number of ether oxygens (including phenoxy) is 1. The maximum atomic E-state index is 12.7. The molecule has 0 aromatic carbocycles. The van der Waals surface area contributed by atoms with Crippen LogP contribution in [-0.4, -0.2) is 71.5 Å². The Morgan fingerprint density at radius 2 is 1.92 bits per heavy atom. The second kappa shape index (κ2) is 6.69. The topological polar surface area (TPSA) is 84.7 Å². The van der Waals surface area contributed by atoms with Crippen molar-refractivity contribution in [3.05, 3.63) is 12.5 Å². The van der Waals surface area contributed by atoms with Gasteiger partial charge in [0.25, 0.3) is 15.9 Å². The largest absolute Gasteiger partial charge is 0.369 e. The van der Waals surface area contributed by atoms with Gasteiger partial charge in [-0.05, 0) is 32.6 Å². The van der Waals surface area contributed by atoms with Gasteiger partial charge >= 0.3 is 0 Å². The lowest BCUT2D eigenvalue weighted by Crippen LogP contribution is -2.70. The Balaban J connectivity index is 1.68. The average molecular weight is 370 g/mol. The van der Waals surface area contributed by atoms with Crippen LogP contribution in [0.25, 0.3) is 0 Å². The zero-order valence-corrected chi connectivity index (χ0v) is 15.9. The van der Waals surface area contributed by atoms with Gasteiger partial charge in [-0.2, -0.15) is 4.31 Å². The van der Waals surface area contributed by atoms with Gasteiger partial charge in [0.05, 0.1) is 12.4 Å². The molecule has 8 nitrogen and oxygen atoms in total. The van der Waals surface area contributed by atoms with E-state index >= 15 is 0 Å². The molecule has 0 radical (unpaired) electrons. The van der Waals surface area contributed by atoms with Crippen molar-refractivity contribution in [3.63, 3.8) is 0 Å². The Bertz CT molecular complexity index is 737. The highest BCUT2D eigenvalue weighted by atomic mass is 32.2. The second-order valence-corrected chi connectivity index (χ2v) is 8.99. The standard InChI is InChI=1S/C16H26N4O4S/c1-11(2)20-14(15(24-4)16(20)21)12-5-7-19(8-6-12)25(22,23)13-9-18(3)10-17-13/h9-12,14-15H,5-8H2,1-4H3/t14-,15+/m0/s1. The summed E-state index contributed by atoms with van der Waals surface area (Å²) in [6, 6.07) is 0.163. The van der Waals surface area contributed by atoms with Gasteiger partial charge in [-0.1, -0.05) is 0 Å². The van der Waals surface area contributed by atoms with E-state index in [-0.39, 0.29) is 28.9 Å². The Morgan fingerprint density at radius 3 is 2.40 bits per heavy atom. The highest BCUT2D eigenvalue weighted by Gasteiger charge is 2.52. The molecule has 0 spiro atoms. The van der Waals surface area contributed by atoms with Crippen LogP contribution in [0.2, 0.25) is 0 Å². The summed E-state index contributed by atoms with van der Waals surface area (Å²) < 4.78 is 33.8. The van der Waals surface area contributed by atoms with Crippen molar-refractivity contribution in [3.8, 4) is 0 Å². The van der Waals surface area contributed by atoms with Crippen molar-refractivity contribution >= 4 is 15.9 Å². The zero-order valence-electron chi connectivity index (χ0n) is 15.1. The van der Waals surface area contributed by atoms with Crippen molar-refractivity contribution < 1.29 is 17.9 Å². The van der Waals surface area contributed by atoms with Crippen LogP contribution in [0.3, 0.4) is 0 Å². The highest BCUT2D eigenvalue weighted by Crippen LogP contribution is 2.36. The van der Waals surface area contributed by atoms with Gasteiger partial charge in [0.1, 0.15) is 0 Å². The van der Waals surface area contributed by atoms with Crippen LogP contribution in [0.4, 0.5) is 0 Å².